The molecule has 0 saturated carbocycles. The summed E-state index contributed by atoms with van der Waals surface area (Å²) in [5, 5.41) is 0. The first-order valence-corrected chi connectivity index (χ1v) is 0. The van der Waals surface area contributed by atoms with Crippen molar-refractivity contribution < 1.29 is 26.5 Å². The Balaban J connectivity index is 0. The van der Waals surface area contributed by atoms with Crippen LogP contribution in [-0.4, -0.2) is 59.5 Å². The van der Waals surface area contributed by atoms with E-state index in [9.17, 15) is 0 Å². The van der Waals surface area contributed by atoms with Crippen LogP contribution in [0.4, 0.5) is 0 Å². The minimum absolute atomic E-state index is 0. The fourth-order valence-corrected chi connectivity index (χ4v) is 0. The quantitative estimate of drug-likeness (QED) is 0.524. The zero-order chi connectivity index (χ0) is 0. The monoisotopic (exact) mass is 364 g/mol. The second kappa shape index (κ2) is 32.1. The molecule has 0 aromatic rings. The van der Waals surface area contributed by atoms with Gasteiger partial charge in [-0.15, -0.1) is 0 Å². The molecule has 5 heteroatoms. The van der Waals surface area contributed by atoms with Crippen LogP contribution in [0.1, 0.15) is 0 Å². The van der Waals surface area contributed by atoms with Gasteiger partial charge >= 0.3 is 0 Å². The molecule has 0 aromatic carbocycles. The maximum absolute atomic E-state index is 0. The van der Waals surface area contributed by atoms with Crippen LogP contribution in [0.5, 0.6) is 0 Å². The van der Waals surface area contributed by atoms with E-state index in [1.54, 1.807) is 0 Å². The van der Waals surface area contributed by atoms with Gasteiger partial charge in [0.15, 0.2) is 0 Å². The van der Waals surface area contributed by atoms with Gasteiger partial charge in [-0.25, -0.2) is 0 Å². The van der Waals surface area contributed by atoms with E-state index in [0.29, 0.717) is 0 Å². The molecule has 0 fully saturated rings. The van der Waals surface area contributed by atoms with Gasteiger partial charge in [0.1, 0.15) is 0 Å². The molecule has 0 saturated heterocycles. The van der Waals surface area contributed by atoms with Gasteiger partial charge in [0.25, 0.3) is 0 Å². The van der Waals surface area contributed by atoms with E-state index in [2.05, 4.69) is 0 Å². The molecule has 5 heavy (non-hydrogen) atoms. The van der Waals surface area contributed by atoms with Gasteiger partial charge in [-0.2, -0.15) is 0 Å². The summed E-state index contributed by atoms with van der Waals surface area (Å²) in [6.07, 6.45) is 0. The fraction of sp³-hybridized carbons (Fsp3) is 0. The van der Waals surface area contributed by atoms with Crippen LogP contribution >= 0.6 is 0 Å². The smallest absolute Gasteiger partial charge is 0 e. The molecule has 0 aliphatic rings. The van der Waals surface area contributed by atoms with Crippen molar-refractivity contribution in [3.05, 3.63) is 0 Å². The molecule has 0 amide bonds. The summed E-state index contributed by atoms with van der Waals surface area (Å²) in [7, 11) is 0. The number of rotatable bonds is 0. The molecule has 0 rings (SSSR count). The summed E-state index contributed by atoms with van der Waals surface area (Å²) in [6.45, 7) is 0. The summed E-state index contributed by atoms with van der Waals surface area (Å²) >= 11 is 0. The molecular formula is H6NNaOSbW+. The number of hydrogen-bond donors (Lipinski definition) is 1. The van der Waals surface area contributed by atoms with Gasteiger partial charge in [0.2, 0.25) is 0 Å². The van der Waals surface area contributed by atoms with Gasteiger partial charge < -0.3 is 11.6 Å². The zero-order valence-electron chi connectivity index (χ0n) is 3.36. The fourth-order valence-electron chi connectivity index (χ4n) is 0. The maximum atomic E-state index is 0. The molecule has 0 aliphatic carbocycles. The summed E-state index contributed by atoms with van der Waals surface area (Å²) in [4.78, 5) is 0. The third-order valence-corrected chi connectivity index (χ3v) is 0. The predicted molar refractivity (Wildman–Crippen MR) is 21.1 cm³/mol. The molecular weight excluding hydrogens is 359 g/mol. The average molecular weight is 365 g/mol. The van der Waals surface area contributed by atoms with E-state index in [1.807, 2.05) is 0 Å². The van der Waals surface area contributed by atoms with E-state index >= 15 is 0 Å². The van der Waals surface area contributed by atoms with Crippen molar-refractivity contribution in [1.29, 1.82) is 0 Å². The summed E-state index contributed by atoms with van der Waals surface area (Å²) in [6, 6.07) is 0. The number of hydrogen-bond acceptors (Lipinski definition) is 0. The molecule has 4 radical (unpaired) electrons. The van der Waals surface area contributed by atoms with Crippen molar-refractivity contribution in [2.75, 3.05) is 0 Å². The van der Waals surface area contributed by atoms with Gasteiger partial charge in [0, 0.05) is 75.1 Å². The van der Waals surface area contributed by atoms with Crippen molar-refractivity contribution in [3.63, 3.8) is 0 Å². The first-order valence-electron chi connectivity index (χ1n) is 0. The van der Waals surface area contributed by atoms with Crippen LogP contribution in [0.3, 0.4) is 0 Å². The van der Waals surface area contributed by atoms with Crippen molar-refractivity contribution in [3.8, 4) is 0 Å². The summed E-state index contributed by atoms with van der Waals surface area (Å²) in [5.41, 5.74) is 0. The van der Waals surface area contributed by atoms with Gasteiger partial charge in [-0.1, -0.05) is 0 Å². The molecule has 0 unspecified atom stereocenters. The first kappa shape index (κ1) is 52.1. The zero-order valence-corrected chi connectivity index (χ0v) is 10.8. The molecule has 0 spiro atoms. The van der Waals surface area contributed by atoms with E-state index in [-0.39, 0.29) is 86.7 Å². The molecule has 6 N–H and O–H groups in total. The molecule has 0 atom stereocenters. The largest absolute Gasteiger partial charge is 0.412 e. The molecule has 28 valence electrons. The second-order valence-corrected chi connectivity index (χ2v) is 0. The Morgan fingerprint density at radius 3 is 1.00 bits per heavy atom. The third-order valence-electron chi connectivity index (χ3n) is 0. The van der Waals surface area contributed by atoms with Crippen LogP contribution in [0.25, 0.3) is 0 Å². The Kier molecular flexibility index (Phi) is 335. The summed E-state index contributed by atoms with van der Waals surface area (Å²) < 4.78 is 0. The van der Waals surface area contributed by atoms with E-state index in [0.717, 1.165) is 0 Å². The van der Waals surface area contributed by atoms with Gasteiger partial charge in [-0.05, 0) is 0 Å². The van der Waals surface area contributed by atoms with Crippen molar-refractivity contribution in [2.24, 2.45) is 0 Å². The summed E-state index contributed by atoms with van der Waals surface area (Å²) in [5.74, 6) is 0. The Hall–Kier alpha value is 2.43. The van der Waals surface area contributed by atoms with Crippen LogP contribution < -0.4 is 6.15 Å². The third kappa shape index (κ3) is 21.4. The first-order chi connectivity index (χ1) is 0. The number of quaternary nitrogens is 1. The average Bonchev–Trinajstić information content (AvgIpc) is 0. The Morgan fingerprint density at radius 2 is 1.00 bits per heavy atom. The van der Waals surface area contributed by atoms with Crippen LogP contribution in [0, 0.1) is 0 Å². The van der Waals surface area contributed by atoms with Gasteiger partial charge in [0.05, 0.1) is 0 Å². The van der Waals surface area contributed by atoms with E-state index in [1.165, 1.54) is 0 Å². The standard InChI is InChI=1S/H3N.Na.H2O.Sb.W/h1H3;;1H2;;/p+1. The predicted octanol–water partition coefficient (Wildman–Crippen LogP) is -1.21. The minimum atomic E-state index is 0. The Labute approximate surface area is 85.4 Å². The molecule has 0 heterocycles. The van der Waals surface area contributed by atoms with E-state index in [4.69, 9.17) is 0 Å². The Bertz CT molecular complexity index is 11.6. The SMILES string of the molecule is O.[NH4+].[Na].[Sb].[W]. The van der Waals surface area contributed by atoms with Crippen molar-refractivity contribution in [2.45, 2.75) is 0 Å². The van der Waals surface area contributed by atoms with Crippen molar-refractivity contribution in [1.82, 2.24) is 6.15 Å². The van der Waals surface area contributed by atoms with Crippen LogP contribution in [-0.2, 0) is 21.1 Å². The van der Waals surface area contributed by atoms with Crippen molar-refractivity contribution >= 4 is 54.0 Å². The minimum Gasteiger partial charge on any atom is -0.412 e. The topological polar surface area (TPSA) is 68.0 Å². The molecule has 0 aromatic heterocycles. The Morgan fingerprint density at radius 1 is 1.00 bits per heavy atom. The maximum Gasteiger partial charge on any atom is 0 e. The molecule has 2 nitrogen and oxygen atoms in total. The van der Waals surface area contributed by atoms with Gasteiger partial charge in [-0.3, -0.25) is 0 Å². The van der Waals surface area contributed by atoms with E-state index < -0.39 is 0 Å². The normalized spacial score (nSPS) is 0. The second-order valence-electron chi connectivity index (χ2n) is 0. The van der Waals surface area contributed by atoms with Crippen LogP contribution in [0.15, 0.2) is 0 Å². The van der Waals surface area contributed by atoms with Crippen LogP contribution in [0.2, 0.25) is 0 Å². The molecule has 0 bridgehead atoms. The molecule has 0 aliphatic heterocycles.